The van der Waals surface area contributed by atoms with Crippen molar-refractivity contribution in [3.8, 4) is 10.6 Å². The highest BCUT2D eigenvalue weighted by Gasteiger charge is 2.52. The Kier molecular flexibility index (Phi) is 6.94. The van der Waals surface area contributed by atoms with E-state index in [1.807, 2.05) is 6.07 Å². The van der Waals surface area contributed by atoms with Gasteiger partial charge in [-0.25, -0.2) is 0 Å². The van der Waals surface area contributed by atoms with E-state index in [1.165, 1.54) is 0 Å². The quantitative estimate of drug-likeness (QED) is 0.472. The van der Waals surface area contributed by atoms with Crippen LogP contribution in [0.3, 0.4) is 0 Å². The minimum atomic E-state index is -0.403. The van der Waals surface area contributed by atoms with Crippen LogP contribution in [0.4, 0.5) is 0 Å². The van der Waals surface area contributed by atoms with Gasteiger partial charge < -0.3 is 18.8 Å². The summed E-state index contributed by atoms with van der Waals surface area (Å²) in [6.07, 6.45) is 1.70. The third-order valence-electron chi connectivity index (χ3n) is 5.42. The lowest BCUT2D eigenvalue weighted by atomic mass is 9.77. The SMILES string of the molecule is COCCOCCCc1nc(-c2cccs2)ccc1B1OC(C)(C)C(C)(C)O1. The molecule has 2 aromatic heterocycles. The van der Waals surface area contributed by atoms with Gasteiger partial charge in [0, 0.05) is 24.9 Å². The summed E-state index contributed by atoms with van der Waals surface area (Å²) in [5.74, 6) is 0. The highest BCUT2D eigenvalue weighted by molar-refractivity contribution is 7.13. The molecule has 3 rings (SSSR count). The van der Waals surface area contributed by atoms with Crippen molar-refractivity contribution < 1.29 is 18.8 Å². The molecule has 0 bridgehead atoms. The van der Waals surface area contributed by atoms with Crippen LogP contribution in [0.25, 0.3) is 10.6 Å². The Hall–Kier alpha value is -1.25. The number of hydrogen-bond donors (Lipinski definition) is 0. The predicted octanol–water partition coefficient (Wildman–Crippen LogP) is 3.70. The molecule has 2 aromatic rings. The summed E-state index contributed by atoms with van der Waals surface area (Å²) in [5, 5.41) is 2.07. The standard InChI is InChI=1S/C21H30BNO4S/c1-20(2)21(3,4)27-22(26-20)16-10-11-18(19-9-7-15-28-19)23-17(16)8-6-12-25-14-13-24-5/h7,9-11,15H,6,8,12-14H2,1-5H3. The Morgan fingerprint density at radius 3 is 2.43 bits per heavy atom. The van der Waals surface area contributed by atoms with Crippen molar-refractivity contribution in [1.82, 2.24) is 4.98 Å². The molecular formula is C21H30BNO4S. The smallest absolute Gasteiger partial charge is 0.399 e. The van der Waals surface area contributed by atoms with E-state index in [9.17, 15) is 0 Å². The maximum absolute atomic E-state index is 6.27. The average molecular weight is 403 g/mol. The van der Waals surface area contributed by atoms with Crippen LogP contribution < -0.4 is 5.46 Å². The lowest BCUT2D eigenvalue weighted by Gasteiger charge is -2.32. The van der Waals surface area contributed by atoms with Crippen LogP contribution in [0, 0.1) is 0 Å². The van der Waals surface area contributed by atoms with E-state index < -0.39 is 7.12 Å². The first-order valence-electron chi connectivity index (χ1n) is 9.80. The fraction of sp³-hybridized carbons (Fsp3) is 0.571. The number of rotatable bonds is 9. The van der Waals surface area contributed by atoms with Crippen molar-refractivity contribution in [3.05, 3.63) is 35.3 Å². The molecule has 152 valence electrons. The molecule has 1 aliphatic heterocycles. The van der Waals surface area contributed by atoms with Crippen molar-refractivity contribution >= 4 is 23.9 Å². The van der Waals surface area contributed by atoms with Crippen molar-refractivity contribution in [3.63, 3.8) is 0 Å². The van der Waals surface area contributed by atoms with Gasteiger partial charge in [0.25, 0.3) is 0 Å². The van der Waals surface area contributed by atoms with Gasteiger partial charge in [0.15, 0.2) is 0 Å². The van der Waals surface area contributed by atoms with Crippen molar-refractivity contribution in [1.29, 1.82) is 0 Å². The maximum atomic E-state index is 6.27. The zero-order chi connectivity index (χ0) is 20.2. The first-order chi connectivity index (χ1) is 13.3. The predicted molar refractivity (Wildman–Crippen MR) is 114 cm³/mol. The monoisotopic (exact) mass is 403 g/mol. The van der Waals surface area contributed by atoms with Crippen molar-refractivity contribution in [2.24, 2.45) is 0 Å². The number of hydrogen-bond acceptors (Lipinski definition) is 6. The molecule has 0 aliphatic carbocycles. The van der Waals surface area contributed by atoms with Crippen LogP contribution in [-0.2, 0) is 25.2 Å². The van der Waals surface area contributed by atoms with Gasteiger partial charge in [-0.1, -0.05) is 12.1 Å². The van der Waals surface area contributed by atoms with E-state index in [2.05, 4.69) is 51.3 Å². The largest absolute Gasteiger partial charge is 0.496 e. The molecule has 0 radical (unpaired) electrons. The fourth-order valence-electron chi connectivity index (χ4n) is 3.04. The molecule has 1 saturated heterocycles. The van der Waals surface area contributed by atoms with Gasteiger partial charge >= 0.3 is 7.12 Å². The number of aromatic nitrogens is 1. The highest BCUT2D eigenvalue weighted by atomic mass is 32.1. The van der Waals surface area contributed by atoms with Gasteiger partial charge in [-0.2, -0.15) is 0 Å². The third kappa shape index (κ3) is 4.83. The molecular weight excluding hydrogens is 373 g/mol. The second-order valence-electron chi connectivity index (χ2n) is 8.01. The minimum absolute atomic E-state index is 0.370. The number of ether oxygens (including phenoxy) is 2. The Balaban J connectivity index is 1.78. The molecule has 0 spiro atoms. The maximum Gasteiger partial charge on any atom is 0.496 e. The van der Waals surface area contributed by atoms with Gasteiger partial charge in [0.1, 0.15) is 0 Å². The molecule has 0 atom stereocenters. The number of methoxy groups -OCH3 is 1. The van der Waals surface area contributed by atoms with Gasteiger partial charge in [-0.05, 0) is 58.0 Å². The zero-order valence-corrected chi connectivity index (χ0v) is 18.3. The highest BCUT2D eigenvalue weighted by Crippen LogP contribution is 2.37. The van der Waals surface area contributed by atoms with Crippen molar-refractivity contribution in [2.75, 3.05) is 26.9 Å². The van der Waals surface area contributed by atoms with Gasteiger partial charge in [0.05, 0.1) is 35.0 Å². The van der Waals surface area contributed by atoms with Gasteiger partial charge in [-0.15, -0.1) is 11.3 Å². The molecule has 0 aromatic carbocycles. The summed E-state index contributed by atoms with van der Waals surface area (Å²) in [6.45, 7) is 10.2. The second-order valence-corrected chi connectivity index (χ2v) is 8.95. The number of aryl methyl sites for hydroxylation is 1. The fourth-order valence-corrected chi connectivity index (χ4v) is 3.74. The molecule has 0 saturated carbocycles. The summed E-state index contributed by atoms with van der Waals surface area (Å²) in [6, 6.07) is 8.31. The van der Waals surface area contributed by atoms with E-state index in [1.54, 1.807) is 18.4 Å². The summed E-state index contributed by atoms with van der Waals surface area (Å²) in [7, 11) is 1.28. The minimum Gasteiger partial charge on any atom is -0.399 e. The summed E-state index contributed by atoms with van der Waals surface area (Å²) < 4.78 is 23.2. The second kappa shape index (κ2) is 9.05. The van der Waals surface area contributed by atoms with Crippen LogP contribution in [0.5, 0.6) is 0 Å². The Morgan fingerprint density at radius 2 is 1.79 bits per heavy atom. The average Bonchev–Trinajstić information content (AvgIpc) is 3.24. The molecule has 0 amide bonds. The Morgan fingerprint density at radius 1 is 1.04 bits per heavy atom. The van der Waals surface area contributed by atoms with E-state index in [0.29, 0.717) is 19.8 Å². The lowest BCUT2D eigenvalue weighted by Crippen LogP contribution is -2.41. The summed E-state index contributed by atoms with van der Waals surface area (Å²) in [5.41, 5.74) is 2.27. The van der Waals surface area contributed by atoms with Crippen LogP contribution in [0.2, 0.25) is 0 Å². The van der Waals surface area contributed by atoms with Crippen LogP contribution in [-0.4, -0.2) is 50.2 Å². The van der Waals surface area contributed by atoms with Gasteiger partial charge in [0.2, 0.25) is 0 Å². The lowest BCUT2D eigenvalue weighted by molar-refractivity contribution is 0.00578. The van der Waals surface area contributed by atoms with E-state index in [0.717, 1.165) is 34.6 Å². The van der Waals surface area contributed by atoms with E-state index in [-0.39, 0.29) is 11.2 Å². The zero-order valence-electron chi connectivity index (χ0n) is 17.5. The van der Waals surface area contributed by atoms with Crippen molar-refractivity contribution in [2.45, 2.75) is 51.7 Å². The Labute approximate surface area is 172 Å². The molecule has 1 fully saturated rings. The molecule has 0 unspecified atom stereocenters. The molecule has 5 nitrogen and oxygen atoms in total. The van der Waals surface area contributed by atoms with Crippen LogP contribution >= 0.6 is 11.3 Å². The molecule has 1 aliphatic rings. The number of nitrogens with zero attached hydrogens (tertiary/aromatic N) is 1. The number of pyridine rings is 1. The molecule has 28 heavy (non-hydrogen) atoms. The first kappa shape index (κ1) is 21.5. The normalized spacial score (nSPS) is 18.0. The van der Waals surface area contributed by atoms with Gasteiger partial charge in [-0.3, -0.25) is 4.98 Å². The first-order valence-corrected chi connectivity index (χ1v) is 10.7. The topological polar surface area (TPSA) is 49.8 Å². The molecule has 7 heteroatoms. The van der Waals surface area contributed by atoms with E-state index in [4.69, 9.17) is 23.8 Å². The Bertz CT molecular complexity index is 748. The van der Waals surface area contributed by atoms with Crippen LogP contribution in [0.1, 0.15) is 39.8 Å². The summed E-state index contributed by atoms with van der Waals surface area (Å²) >= 11 is 1.70. The number of thiophene rings is 1. The molecule has 0 N–H and O–H groups in total. The summed E-state index contributed by atoms with van der Waals surface area (Å²) in [4.78, 5) is 6.12. The van der Waals surface area contributed by atoms with E-state index >= 15 is 0 Å². The van der Waals surface area contributed by atoms with Crippen LogP contribution in [0.15, 0.2) is 29.6 Å². The molecule has 3 heterocycles. The third-order valence-corrected chi connectivity index (χ3v) is 6.32.